The summed E-state index contributed by atoms with van der Waals surface area (Å²) in [5.74, 6) is 4.16. The van der Waals surface area contributed by atoms with Crippen LogP contribution >= 0.6 is 15.9 Å². The standard InChI is InChI=1S/C11H8BrFO2/c1-15-11(14)9-5-4-8(3-2-6-12)7-10(9)13/h4-5,7H,6H2,1H3. The van der Waals surface area contributed by atoms with Crippen LogP contribution in [0.1, 0.15) is 15.9 Å². The maximum atomic E-state index is 13.3. The Kier molecular flexibility index (Phi) is 4.32. The number of alkyl halides is 1. The monoisotopic (exact) mass is 270 g/mol. The molecule has 15 heavy (non-hydrogen) atoms. The molecule has 0 unspecified atom stereocenters. The molecule has 0 spiro atoms. The number of halogens is 2. The van der Waals surface area contributed by atoms with E-state index in [-0.39, 0.29) is 5.56 Å². The molecule has 0 fully saturated rings. The summed E-state index contributed by atoms with van der Waals surface area (Å²) in [5, 5.41) is 0.521. The first-order valence-corrected chi connectivity index (χ1v) is 5.24. The first-order chi connectivity index (χ1) is 7.19. The highest BCUT2D eigenvalue weighted by molar-refractivity contribution is 9.09. The second kappa shape index (κ2) is 5.52. The number of carbonyl (C=O) groups excluding carboxylic acids is 1. The van der Waals surface area contributed by atoms with Crippen molar-refractivity contribution in [2.24, 2.45) is 0 Å². The van der Waals surface area contributed by atoms with Gasteiger partial charge in [0.05, 0.1) is 18.0 Å². The molecule has 4 heteroatoms. The van der Waals surface area contributed by atoms with Gasteiger partial charge in [0.2, 0.25) is 0 Å². The number of carbonyl (C=O) groups is 1. The van der Waals surface area contributed by atoms with E-state index < -0.39 is 11.8 Å². The van der Waals surface area contributed by atoms with Gasteiger partial charge in [0.1, 0.15) is 5.82 Å². The molecular weight excluding hydrogens is 263 g/mol. The van der Waals surface area contributed by atoms with Crippen molar-refractivity contribution in [2.75, 3.05) is 12.4 Å². The van der Waals surface area contributed by atoms with Crippen molar-refractivity contribution < 1.29 is 13.9 Å². The van der Waals surface area contributed by atoms with Crippen LogP contribution < -0.4 is 0 Å². The average molecular weight is 271 g/mol. The van der Waals surface area contributed by atoms with E-state index in [0.29, 0.717) is 10.9 Å². The van der Waals surface area contributed by atoms with E-state index in [2.05, 4.69) is 32.5 Å². The third-order valence-corrected chi connectivity index (χ3v) is 1.95. The van der Waals surface area contributed by atoms with Crippen molar-refractivity contribution >= 4 is 21.9 Å². The molecule has 0 aliphatic rings. The fourth-order valence-electron chi connectivity index (χ4n) is 1.00. The van der Waals surface area contributed by atoms with Crippen LogP contribution in [0, 0.1) is 17.7 Å². The van der Waals surface area contributed by atoms with Gasteiger partial charge in [0.15, 0.2) is 0 Å². The fraction of sp³-hybridized carbons (Fsp3) is 0.182. The molecule has 0 saturated heterocycles. The molecule has 78 valence electrons. The van der Waals surface area contributed by atoms with Gasteiger partial charge in [-0.15, -0.1) is 0 Å². The molecule has 0 N–H and O–H groups in total. The van der Waals surface area contributed by atoms with Gasteiger partial charge >= 0.3 is 5.97 Å². The minimum absolute atomic E-state index is 0.0816. The molecule has 1 rings (SSSR count). The topological polar surface area (TPSA) is 26.3 Å². The van der Waals surface area contributed by atoms with Crippen LogP contribution in [0.3, 0.4) is 0 Å². The highest BCUT2D eigenvalue weighted by Crippen LogP contribution is 2.10. The SMILES string of the molecule is COC(=O)c1ccc(C#CCBr)cc1F. The summed E-state index contributed by atoms with van der Waals surface area (Å²) in [5.41, 5.74) is 0.446. The number of rotatable bonds is 1. The number of methoxy groups -OCH3 is 1. The molecule has 0 aliphatic heterocycles. The van der Waals surface area contributed by atoms with Gasteiger partial charge in [-0.25, -0.2) is 9.18 Å². The number of hydrogen-bond donors (Lipinski definition) is 0. The summed E-state index contributed by atoms with van der Waals surface area (Å²) in [6, 6.07) is 4.15. The van der Waals surface area contributed by atoms with Gasteiger partial charge in [-0.1, -0.05) is 27.8 Å². The van der Waals surface area contributed by atoms with Crippen LogP contribution in [0.25, 0.3) is 0 Å². The number of benzene rings is 1. The zero-order chi connectivity index (χ0) is 11.3. The molecule has 0 heterocycles. The summed E-state index contributed by atoms with van der Waals surface area (Å²) in [4.78, 5) is 11.1. The largest absolute Gasteiger partial charge is 0.465 e. The van der Waals surface area contributed by atoms with Gasteiger partial charge in [-0.2, -0.15) is 0 Å². The van der Waals surface area contributed by atoms with Crippen LogP contribution in [0.4, 0.5) is 4.39 Å². The van der Waals surface area contributed by atoms with E-state index in [0.717, 1.165) is 0 Å². The minimum atomic E-state index is -0.687. The Balaban J connectivity index is 3.03. The molecule has 0 aromatic heterocycles. The first-order valence-electron chi connectivity index (χ1n) is 4.11. The maximum absolute atomic E-state index is 13.3. The molecule has 0 bridgehead atoms. The molecule has 0 aliphatic carbocycles. The third-order valence-electron chi connectivity index (χ3n) is 1.67. The Hall–Kier alpha value is -1.34. The fourth-order valence-corrected chi connectivity index (χ4v) is 1.14. The van der Waals surface area contributed by atoms with Gasteiger partial charge in [-0.05, 0) is 18.2 Å². The van der Waals surface area contributed by atoms with Gasteiger partial charge < -0.3 is 4.74 Å². The lowest BCUT2D eigenvalue weighted by atomic mass is 10.1. The van der Waals surface area contributed by atoms with Crippen LogP contribution in [0.5, 0.6) is 0 Å². The second-order valence-electron chi connectivity index (χ2n) is 2.62. The molecule has 1 aromatic rings. The Morgan fingerprint density at radius 3 is 2.87 bits per heavy atom. The van der Waals surface area contributed by atoms with E-state index in [1.165, 1.54) is 19.2 Å². The lowest BCUT2D eigenvalue weighted by molar-refractivity contribution is 0.0595. The maximum Gasteiger partial charge on any atom is 0.340 e. The molecule has 0 atom stereocenters. The lowest BCUT2D eigenvalue weighted by Crippen LogP contribution is -2.04. The van der Waals surface area contributed by atoms with Crippen molar-refractivity contribution in [3.05, 3.63) is 35.1 Å². The highest BCUT2D eigenvalue weighted by atomic mass is 79.9. The smallest absolute Gasteiger partial charge is 0.340 e. The van der Waals surface area contributed by atoms with Crippen molar-refractivity contribution in [1.29, 1.82) is 0 Å². The zero-order valence-electron chi connectivity index (χ0n) is 8.01. The summed E-state index contributed by atoms with van der Waals surface area (Å²) in [6.45, 7) is 0. The predicted octanol–water partition coefficient (Wildman–Crippen LogP) is 2.36. The van der Waals surface area contributed by atoms with Crippen molar-refractivity contribution in [1.82, 2.24) is 0 Å². The molecular formula is C11H8BrFO2. The summed E-state index contributed by atoms with van der Waals surface area (Å²) >= 11 is 3.13. The zero-order valence-corrected chi connectivity index (χ0v) is 9.60. The molecule has 0 radical (unpaired) electrons. The number of ether oxygens (including phenoxy) is 1. The van der Waals surface area contributed by atoms with Crippen LogP contribution in [0.2, 0.25) is 0 Å². The minimum Gasteiger partial charge on any atom is -0.465 e. The molecule has 0 amide bonds. The Labute approximate surface area is 95.6 Å². The van der Waals surface area contributed by atoms with Gasteiger partial charge in [-0.3, -0.25) is 0 Å². The summed E-state index contributed by atoms with van der Waals surface area (Å²) in [6.07, 6.45) is 0. The first kappa shape index (κ1) is 11.7. The normalized spacial score (nSPS) is 9.00. The van der Waals surface area contributed by atoms with Crippen LogP contribution in [-0.4, -0.2) is 18.4 Å². The van der Waals surface area contributed by atoms with Gasteiger partial charge in [0, 0.05) is 5.56 Å². The van der Waals surface area contributed by atoms with Crippen LogP contribution in [-0.2, 0) is 4.74 Å². The third kappa shape index (κ3) is 3.07. The molecule has 0 saturated carbocycles. The number of hydrogen-bond acceptors (Lipinski definition) is 2. The summed E-state index contributed by atoms with van der Waals surface area (Å²) < 4.78 is 17.8. The average Bonchev–Trinajstić information content (AvgIpc) is 2.25. The van der Waals surface area contributed by atoms with E-state index in [4.69, 9.17) is 0 Å². The number of esters is 1. The Morgan fingerprint density at radius 1 is 1.60 bits per heavy atom. The predicted molar refractivity (Wildman–Crippen MR) is 58.4 cm³/mol. The Morgan fingerprint density at radius 2 is 2.33 bits per heavy atom. The summed E-state index contributed by atoms with van der Waals surface area (Å²) in [7, 11) is 1.21. The molecule has 1 aromatic carbocycles. The highest BCUT2D eigenvalue weighted by Gasteiger charge is 2.11. The van der Waals surface area contributed by atoms with E-state index in [1.807, 2.05) is 0 Å². The second-order valence-corrected chi connectivity index (χ2v) is 3.18. The van der Waals surface area contributed by atoms with Crippen LogP contribution in [0.15, 0.2) is 18.2 Å². The van der Waals surface area contributed by atoms with Crippen molar-refractivity contribution in [2.45, 2.75) is 0 Å². The van der Waals surface area contributed by atoms with E-state index in [1.54, 1.807) is 6.07 Å². The quantitative estimate of drug-likeness (QED) is 0.445. The van der Waals surface area contributed by atoms with E-state index in [9.17, 15) is 9.18 Å². The van der Waals surface area contributed by atoms with E-state index >= 15 is 0 Å². The van der Waals surface area contributed by atoms with Gasteiger partial charge in [0.25, 0.3) is 0 Å². The lowest BCUT2D eigenvalue weighted by Gasteiger charge is -2.00. The Bertz CT molecular complexity index is 432. The van der Waals surface area contributed by atoms with Crippen molar-refractivity contribution in [3.8, 4) is 11.8 Å². The van der Waals surface area contributed by atoms with Crippen molar-refractivity contribution in [3.63, 3.8) is 0 Å². The molecule has 2 nitrogen and oxygen atoms in total.